The Morgan fingerprint density at radius 2 is 2.14 bits per heavy atom. The van der Waals surface area contributed by atoms with Gasteiger partial charge in [0.2, 0.25) is 0 Å². The largest absolute Gasteiger partial charge is 0.457 e. The summed E-state index contributed by atoms with van der Waals surface area (Å²) in [5.74, 6) is -0.341. The average molecular weight is 202 g/mol. The first-order valence-corrected chi connectivity index (χ1v) is 5.12. The van der Waals surface area contributed by atoms with E-state index in [4.69, 9.17) is 4.74 Å². The Morgan fingerprint density at radius 3 is 2.64 bits per heavy atom. The van der Waals surface area contributed by atoms with Crippen LogP contribution in [0.2, 0.25) is 0 Å². The Balaban J connectivity index is 1.96. The highest BCUT2D eigenvalue weighted by Crippen LogP contribution is 2.46. The molecule has 2 fully saturated rings. The fraction of sp³-hybridized carbons (Fsp3) is 0.900. The predicted octanol–water partition coefficient (Wildman–Crippen LogP) is 1.05. The summed E-state index contributed by atoms with van der Waals surface area (Å²) >= 11 is 0. The van der Waals surface area contributed by atoms with Gasteiger partial charge < -0.3 is 9.84 Å². The van der Waals surface area contributed by atoms with Crippen LogP contribution < -0.4 is 0 Å². The van der Waals surface area contributed by atoms with E-state index in [0.29, 0.717) is 0 Å². The van der Waals surface area contributed by atoms with Gasteiger partial charge in [-0.25, -0.2) is 9.18 Å². The Labute approximate surface area is 82.2 Å². The molecule has 2 saturated carbocycles. The number of carbonyl (C=O) groups excluding carboxylic acids is 1. The Hall–Kier alpha value is -0.640. The third kappa shape index (κ3) is 1.52. The Kier molecular flexibility index (Phi) is 2.47. The van der Waals surface area contributed by atoms with Gasteiger partial charge in [0.25, 0.3) is 0 Å². The van der Waals surface area contributed by atoms with E-state index in [1.165, 1.54) is 0 Å². The van der Waals surface area contributed by atoms with Gasteiger partial charge >= 0.3 is 5.97 Å². The molecule has 0 aromatic rings. The molecule has 5 unspecified atom stereocenters. The van der Waals surface area contributed by atoms with Gasteiger partial charge in [-0.2, -0.15) is 0 Å². The van der Waals surface area contributed by atoms with E-state index in [1.807, 2.05) is 0 Å². The van der Waals surface area contributed by atoms with Crippen LogP contribution in [0.3, 0.4) is 0 Å². The number of alkyl halides is 1. The molecule has 4 heteroatoms. The lowest BCUT2D eigenvalue weighted by molar-refractivity contribution is -0.163. The summed E-state index contributed by atoms with van der Waals surface area (Å²) in [4.78, 5) is 11.0. The van der Waals surface area contributed by atoms with Gasteiger partial charge in [-0.15, -0.1) is 0 Å². The first-order valence-electron chi connectivity index (χ1n) is 5.12. The molecule has 2 rings (SSSR count). The van der Waals surface area contributed by atoms with Crippen molar-refractivity contribution in [2.24, 2.45) is 11.8 Å². The van der Waals surface area contributed by atoms with Crippen molar-refractivity contribution in [2.75, 3.05) is 0 Å². The number of carbonyl (C=O) groups is 1. The summed E-state index contributed by atoms with van der Waals surface area (Å²) in [6, 6.07) is 0. The third-order valence-electron chi connectivity index (χ3n) is 3.37. The maximum absolute atomic E-state index is 12.6. The van der Waals surface area contributed by atoms with Crippen LogP contribution in [-0.4, -0.2) is 29.5 Å². The minimum atomic E-state index is -1.60. The van der Waals surface area contributed by atoms with Gasteiger partial charge in [0.15, 0.2) is 6.17 Å². The van der Waals surface area contributed by atoms with E-state index in [2.05, 4.69) is 0 Å². The molecule has 2 aliphatic rings. The number of aliphatic hydroxyl groups excluding tert-OH is 1. The van der Waals surface area contributed by atoms with E-state index in [9.17, 15) is 14.3 Å². The molecule has 0 amide bonds. The number of hydrogen-bond acceptors (Lipinski definition) is 3. The molecule has 2 bridgehead atoms. The fourth-order valence-corrected chi connectivity index (χ4v) is 2.60. The van der Waals surface area contributed by atoms with Crippen molar-refractivity contribution >= 4 is 5.97 Å². The third-order valence-corrected chi connectivity index (χ3v) is 3.37. The quantitative estimate of drug-likeness (QED) is 0.681. The second-order valence-corrected chi connectivity index (χ2v) is 4.34. The van der Waals surface area contributed by atoms with Crippen molar-refractivity contribution in [2.45, 2.75) is 44.6 Å². The van der Waals surface area contributed by atoms with Crippen LogP contribution in [0.4, 0.5) is 4.39 Å². The summed E-state index contributed by atoms with van der Waals surface area (Å²) in [5.41, 5.74) is 0. The van der Waals surface area contributed by atoms with Crippen LogP contribution in [0.1, 0.15) is 26.2 Å². The summed E-state index contributed by atoms with van der Waals surface area (Å²) in [7, 11) is 0. The van der Waals surface area contributed by atoms with Crippen molar-refractivity contribution in [3.05, 3.63) is 0 Å². The van der Waals surface area contributed by atoms with Gasteiger partial charge in [-0.1, -0.05) is 0 Å². The maximum Gasteiger partial charge on any atom is 0.340 e. The summed E-state index contributed by atoms with van der Waals surface area (Å²) in [5, 5.41) is 9.71. The van der Waals surface area contributed by atoms with E-state index < -0.39 is 24.3 Å². The molecule has 0 saturated heterocycles. The van der Waals surface area contributed by atoms with Crippen molar-refractivity contribution in [1.82, 2.24) is 0 Å². The molecule has 0 heterocycles. The second kappa shape index (κ2) is 3.50. The van der Waals surface area contributed by atoms with Crippen LogP contribution in [0, 0.1) is 11.8 Å². The molecule has 5 atom stereocenters. The second-order valence-electron chi connectivity index (χ2n) is 4.34. The zero-order chi connectivity index (χ0) is 10.3. The highest BCUT2D eigenvalue weighted by molar-refractivity contribution is 5.74. The molecule has 0 aromatic heterocycles. The number of halogens is 1. The highest BCUT2D eigenvalue weighted by atomic mass is 19.1. The summed E-state index contributed by atoms with van der Waals surface area (Å²) < 4.78 is 17.5. The monoisotopic (exact) mass is 202 g/mol. The van der Waals surface area contributed by atoms with Crippen LogP contribution in [0.25, 0.3) is 0 Å². The molecule has 1 N–H and O–H groups in total. The van der Waals surface area contributed by atoms with E-state index >= 15 is 0 Å². The minimum absolute atomic E-state index is 0.248. The summed E-state index contributed by atoms with van der Waals surface area (Å²) in [6.45, 7) is 1.15. The molecule has 14 heavy (non-hydrogen) atoms. The maximum atomic E-state index is 12.6. The molecule has 0 spiro atoms. The number of esters is 1. The summed E-state index contributed by atoms with van der Waals surface area (Å²) in [6.07, 6.45) is 0.280. The predicted molar refractivity (Wildman–Crippen MR) is 47.3 cm³/mol. The molecule has 0 radical (unpaired) electrons. The zero-order valence-electron chi connectivity index (χ0n) is 8.15. The molecule has 2 aliphatic carbocycles. The molecule has 0 aromatic carbocycles. The topological polar surface area (TPSA) is 46.5 Å². The SMILES string of the molecule is CC(F)C(=O)OC1C2CCC(C2)C1O. The number of fused-ring (bicyclic) bond motifs is 2. The van der Waals surface area contributed by atoms with Crippen LogP contribution in [-0.2, 0) is 9.53 Å². The Morgan fingerprint density at radius 1 is 1.50 bits per heavy atom. The lowest BCUT2D eigenvalue weighted by Gasteiger charge is -2.26. The highest BCUT2D eigenvalue weighted by Gasteiger charge is 2.49. The Bertz CT molecular complexity index is 240. The van der Waals surface area contributed by atoms with E-state index in [1.54, 1.807) is 0 Å². The van der Waals surface area contributed by atoms with E-state index in [-0.39, 0.29) is 11.8 Å². The minimum Gasteiger partial charge on any atom is -0.457 e. The van der Waals surface area contributed by atoms with Crippen LogP contribution in [0.15, 0.2) is 0 Å². The van der Waals surface area contributed by atoms with E-state index in [0.717, 1.165) is 26.2 Å². The average Bonchev–Trinajstić information content (AvgIpc) is 2.69. The zero-order valence-corrected chi connectivity index (χ0v) is 8.15. The molecular formula is C10H15FO3. The smallest absolute Gasteiger partial charge is 0.340 e. The van der Waals surface area contributed by atoms with Crippen molar-refractivity contribution in [1.29, 1.82) is 0 Å². The van der Waals surface area contributed by atoms with Crippen molar-refractivity contribution in [3.63, 3.8) is 0 Å². The van der Waals surface area contributed by atoms with Gasteiger partial charge in [0, 0.05) is 0 Å². The first-order chi connectivity index (χ1) is 6.59. The van der Waals surface area contributed by atoms with Crippen LogP contribution in [0.5, 0.6) is 0 Å². The normalized spacial score (nSPS) is 42.5. The number of hydrogen-bond donors (Lipinski definition) is 1. The van der Waals surface area contributed by atoms with Crippen LogP contribution >= 0.6 is 0 Å². The van der Waals surface area contributed by atoms with Crippen molar-refractivity contribution < 1.29 is 19.0 Å². The number of rotatable bonds is 2. The molecule has 80 valence electrons. The standard InChI is InChI=1S/C10H15FO3/c1-5(11)10(13)14-9-7-3-2-6(4-7)8(9)12/h5-9,12H,2-4H2,1H3. The number of aliphatic hydroxyl groups is 1. The van der Waals surface area contributed by atoms with Gasteiger partial charge in [-0.3, -0.25) is 0 Å². The van der Waals surface area contributed by atoms with Gasteiger partial charge in [-0.05, 0) is 38.0 Å². The van der Waals surface area contributed by atoms with Crippen molar-refractivity contribution in [3.8, 4) is 0 Å². The molecule has 0 aliphatic heterocycles. The van der Waals surface area contributed by atoms with Gasteiger partial charge in [0.1, 0.15) is 6.10 Å². The molecular weight excluding hydrogens is 187 g/mol. The number of ether oxygens (including phenoxy) is 1. The first kappa shape index (κ1) is 9.90. The molecule has 3 nitrogen and oxygen atoms in total. The van der Waals surface area contributed by atoms with Gasteiger partial charge in [0.05, 0.1) is 6.10 Å². The lowest BCUT2D eigenvalue weighted by Crippen LogP contribution is -2.38. The lowest BCUT2D eigenvalue weighted by atomic mass is 9.95. The fourth-order valence-electron chi connectivity index (χ4n) is 2.60.